The fraction of sp³-hybridized carbons (Fsp3) is 0.538. The van der Waals surface area contributed by atoms with E-state index >= 15 is 0 Å². The lowest BCUT2D eigenvalue weighted by molar-refractivity contribution is 0.180. The number of nitrogens with one attached hydrogen (secondary N) is 2. The number of benzene rings is 1. The van der Waals surface area contributed by atoms with Crippen molar-refractivity contribution in [3.63, 3.8) is 0 Å². The van der Waals surface area contributed by atoms with Crippen LogP contribution in [0.2, 0.25) is 0 Å². The van der Waals surface area contributed by atoms with E-state index in [0.717, 1.165) is 30.6 Å². The summed E-state index contributed by atoms with van der Waals surface area (Å²) in [5, 5.41) is 3.25. The molecule has 0 saturated heterocycles. The molecular weight excluding hydrogens is 264 g/mol. The van der Waals surface area contributed by atoms with Crippen molar-refractivity contribution in [2.75, 3.05) is 20.3 Å². The van der Waals surface area contributed by atoms with Crippen molar-refractivity contribution in [1.29, 1.82) is 0 Å². The molecule has 1 unspecified atom stereocenters. The van der Waals surface area contributed by atoms with Gasteiger partial charge in [0.15, 0.2) is 0 Å². The van der Waals surface area contributed by atoms with Crippen LogP contribution in [0.5, 0.6) is 0 Å². The minimum atomic E-state index is -3.48. The second-order valence-corrected chi connectivity index (χ2v) is 6.48. The van der Waals surface area contributed by atoms with Gasteiger partial charge in [0.25, 0.3) is 0 Å². The Morgan fingerprint density at radius 3 is 3.00 bits per heavy atom. The Labute approximate surface area is 114 Å². The molecule has 1 atom stereocenters. The summed E-state index contributed by atoms with van der Waals surface area (Å²) in [4.78, 5) is 0.398. The zero-order chi connectivity index (χ0) is 13.9. The number of hydrogen-bond donors (Lipinski definition) is 2. The van der Waals surface area contributed by atoms with Crippen LogP contribution in [0.25, 0.3) is 0 Å². The Morgan fingerprint density at radius 2 is 2.26 bits per heavy atom. The van der Waals surface area contributed by atoms with Crippen molar-refractivity contribution in [2.45, 2.75) is 30.8 Å². The molecule has 0 saturated carbocycles. The predicted molar refractivity (Wildman–Crippen MR) is 73.5 cm³/mol. The Balaban J connectivity index is 2.30. The van der Waals surface area contributed by atoms with Crippen LogP contribution in [0.4, 0.5) is 0 Å². The maximum atomic E-state index is 12.4. The summed E-state index contributed by atoms with van der Waals surface area (Å²) in [6.07, 6.45) is 0.741. The summed E-state index contributed by atoms with van der Waals surface area (Å²) in [6, 6.07) is 5.19. The molecule has 1 aliphatic rings. The molecule has 1 heterocycles. The van der Waals surface area contributed by atoms with E-state index < -0.39 is 10.0 Å². The molecule has 0 radical (unpaired) electrons. The average molecular weight is 284 g/mol. The lowest BCUT2D eigenvalue weighted by atomic mass is 10.0. The monoisotopic (exact) mass is 284 g/mol. The molecular formula is C13H20N2O3S. The molecule has 19 heavy (non-hydrogen) atoms. The Hall–Kier alpha value is -0.950. The summed E-state index contributed by atoms with van der Waals surface area (Å²) in [7, 11) is -1.92. The standard InChI is InChI=1S/C13H20N2O3S/c1-10(9-18-2)15-19(16,17)13-5-3-4-11-8-14-7-6-12(11)13/h3-5,10,14-15H,6-9H2,1-2H3. The Bertz CT molecular complexity index is 543. The Kier molecular flexibility index (Phi) is 4.57. The Morgan fingerprint density at radius 1 is 1.47 bits per heavy atom. The van der Waals surface area contributed by atoms with Gasteiger partial charge < -0.3 is 10.1 Å². The third kappa shape index (κ3) is 3.33. The zero-order valence-corrected chi connectivity index (χ0v) is 12.1. The molecule has 0 amide bonds. The van der Waals surface area contributed by atoms with Crippen molar-refractivity contribution >= 4 is 10.0 Å². The number of sulfonamides is 1. The lowest BCUT2D eigenvalue weighted by Gasteiger charge is -2.21. The van der Waals surface area contributed by atoms with Gasteiger partial charge in [-0.2, -0.15) is 0 Å². The van der Waals surface area contributed by atoms with Crippen LogP contribution in [0.15, 0.2) is 23.1 Å². The predicted octanol–water partition coefficient (Wildman–Crippen LogP) is 0.645. The van der Waals surface area contributed by atoms with Crippen molar-refractivity contribution < 1.29 is 13.2 Å². The van der Waals surface area contributed by atoms with E-state index in [4.69, 9.17) is 4.74 Å². The zero-order valence-electron chi connectivity index (χ0n) is 11.3. The first-order valence-corrected chi connectivity index (χ1v) is 7.85. The lowest BCUT2D eigenvalue weighted by Crippen LogP contribution is -2.37. The van der Waals surface area contributed by atoms with E-state index in [1.165, 1.54) is 0 Å². The second kappa shape index (κ2) is 6.00. The van der Waals surface area contributed by atoms with Crippen LogP contribution in [0.3, 0.4) is 0 Å². The van der Waals surface area contributed by atoms with Gasteiger partial charge in [-0.05, 0) is 37.1 Å². The van der Waals surface area contributed by atoms with Crippen LogP contribution in [0.1, 0.15) is 18.1 Å². The molecule has 0 fully saturated rings. The van der Waals surface area contributed by atoms with Gasteiger partial charge in [0.05, 0.1) is 11.5 Å². The molecule has 1 aromatic carbocycles. The number of rotatable bonds is 5. The van der Waals surface area contributed by atoms with Crippen molar-refractivity contribution in [3.8, 4) is 0 Å². The van der Waals surface area contributed by atoms with Crippen LogP contribution < -0.4 is 10.0 Å². The van der Waals surface area contributed by atoms with Crippen LogP contribution in [0, 0.1) is 0 Å². The van der Waals surface area contributed by atoms with Gasteiger partial charge >= 0.3 is 0 Å². The minimum Gasteiger partial charge on any atom is -0.383 e. The van der Waals surface area contributed by atoms with E-state index in [1.54, 1.807) is 26.2 Å². The molecule has 6 heteroatoms. The maximum Gasteiger partial charge on any atom is 0.241 e. The molecule has 1 aromatic rings. The van der Waals surface area contributed by atoms with Gasteiger partial charge in [-0.25, -0.2) is 13.1 Å². The fourth-order valence-electron chi connectivity index (χ4n) is 2.36. The molecule has 0 bridgehead atoms. The third-order valence-corrected chi connectivity index (χ3v) is 4.83. The van der Waals surface area contributed by atoms with Crippen molar-refractivity contribution in [1.82, 2.24) is 10.0 Å². The molecule has 0 spiro atoms. The van der Waals surface area contributed by atoms with E-state index in [-0.39, 0.29) is 6.04 Å². The SMILES string of the molecule is COCC(C)NS(=O)(=O)c1cccc2c1CCNC2. The molecule has 1 aliphatic heterocycles. The first kappa shape index (κ1) is 14.5. The summed E-state index contributed by atoms with van der Waals surface area (Å²) >= 11 is 0. The van der Waals surface area contributed by atoms with Gasteiger partial charge in [-0.1, -0.05) is 12.1 Å². The average Bonchev–Trinajstić information content (AvgIpc) is 2.37. The van der Waals surface area contributed by atoms with Crippen LogP contribution >= 0.6 is 0 Å². The number of methoxy groups -OCH3 is 1. The highest BCUT2D eigenvalue weighted by atomic mass is 32.2. The largest absolute Gasteiger partial charge is 0.383 e. The normalized spacial score (nSPS) is 16.9. The van der Waals surface area contributed by atoms with Gasteiger partial charge in [0, 0.05) is 19.7 Å². The third-order valence-electron chi connectivity index (χ3n) is 3.16. The highest BCUT2D eigenvalue weighted by molar-refractivity contribution is 7.89. The summed E-state index contributed by atoms with van der Waals surface area (Å²) in [5.41, 5.74) is 1.99. The van der Waals surface area contributed by atoms with Gasteiger partial charge in [-0.15, -0.1) is 0 Å². The summed E-state index contributed by atoms with van der Waals surface area (Å²) in [6.45, 7) is 3.69. The van der Waals surface area contributed by atoms with Gasteiger partial charge in [0.2, 0.25) is 10.0 Å². The molecule has 106 valence electrons. The highest BCUT2D eigenvalue weighted by Gasteiger charge is 2.23. The van der Waals surface area contributed by atoms with Crippen LogP contribution in [-0.2, 0) is 27.7 Å². The molecule has 0 aromatic heterocycles. The van der Waals surface area contributed by atoms with E-state index in [0.29, 0.717) is 11.5 Å². The first-order chi connectivity index (χ1) is 9.04. The quantitative estimate of drug-likeness (QED) is 0.833. The minimum absolute atomic E-state index is 0.243. The highest BCUT2D eigenvalue weighted by Crippen LogP contribution is 2.22. The number of hydrogen-bond acceptors (Lipinski definition) is 4. The molecule has 2 rings (SSSR count). The summed E-state index contributed by atoms with van der Waals surface area (Å²) in [5.74, 6) is 0. The van der Waals surface area contributed by atoms with Crippen molar-refractivity contribution in [3.05, 3.63) is 29.3 Å². The maximum absolute atomic E-state index is 12.4. The smallest absolute Gasteiger partial charge is 0.241 e. The van der Waals surface area contributed by atoms with E-state index in [2.05, 4.69) is 10.0 Å². The molecule has 2 N–H and O–H groups in total. The number of ether oxygens (including phenoxy) is 1. The number of fused-ring (bicyclic) bond motifs is 1. The second-order valence-electron chi connectivity index (χ2n) is 4.80. The first-order valence-electron chi connectivity index (χ1n) is 6.37. The summed E-state index contributed by atoms with van der Waals surface area (Å²) < 4.78 is 32.4. The van der Waals surface area contributed by atoms with Crippen LogP contribution in [-0.4, -0.2) is 34.7 Å². The molecule has 0 aliphatic carbocycles. The van der Waals surface area contributed by atoms with E-state index in [1.807, 2.05) is 6.07 Å². The topological polar surface area (TPSA) is 67.4 Å². The fourth-order valence-corrected chi connectivity index (χ4v) is 3.90. The molecule has 5 nitrogen and oxygen atoms in total. The van der Waals surface area contributed by atoms with Gasteiger partial charge in [0.1, 0.15) is 0 Å². The van der Waals surface area contributed by atoms with Crippen molar-refractivity contribution in [2.24, 2.45) is 0 Å². The van der Waals surface area contributed by atoms with Gasteiger partial charge in [-0.3, -0.25) is 0 Å². The van der Waals surface area contributed by atoms with E-state index in [9.17, 15) is 8.42 Å².